The SMILES string of the molecule is CC(Oc1cc2c3c(c1)nc(-c1ccc4nc(N)nnc4c1)n3CCCCO2)C(N)=O. The molecule has 5 rings (SSSR count). The zero-order valence-corrected chi connectivity index (χ0v) is 16.9. The van der Waals surface area contributed by atoms with E-state index >= 15 is 0 Å². The van der Waals surface area contributed by atoms with Gasteiger partial charge in [-0.15, -0.1) is 10.2 Å². The van der Waals surface area contributed by atoms with Gasteiger partial charge in [-0.2, -0.15) is 0 Å². The van der Waals surface area contributed by atoms with Gasteiger partial charge in [0.1, 0.15) is 28.4 Å². The van der Waals surface area contributed by atoms with Crippen LogP contribution in [0.1, 0.15) is 19.8 Å². The maximum Gasteiger partial charge on any atom is 0.258 e. The molecule has 1 aliphatic rings. The van der Waals surface area contributed by atoms with E-state index in [4.69, 9.17) is 25.9 Å². The number of ether oxygens (including phenoxy) is 2. The van der Waals surface area contributed by atoms with Crippen LogP contribution in [0.2, 0.25) is 0 Å². The van der Waals surface area contributed by atoms with Crippen LogP contribution < -0.4 is 20.9 Å². The first-order valence-electron chi connectivity index (χ1n) is 10.0. The summed E-state index contributed by atoms with van der Waals surface area (Å²) in [5, 5.41) is 7.99. The van der Waals surface area contributed by atoms with Crippen molar-refractivity contribution in [3.8, 4) is 22.9 Å². The minimum Gasteiger partial charge on any atom is -0.491 e. The number of amides is 1. The molecule has 2 aromatic heterocycles. The van der Waals surface area contributed by atoms with Gasteiger partial charge in [-0.1, -0.05) is 0 Å². The lowest BCUT2D eigenvalue weighted by atomic mass is 10.1. The van der Waals surface area contributed by atoms with Crippen molar-refractivity contribution in [1.29, 1.82) is 0 Å². The standard InChI is InChI=1S/C21H21N7O3/c1-11(19(22)29)31-13-9-16-18-17(10-13)30-7-3-2-6-28(18)20(24-16)12-4-5-14-15(8-12)26-27-21(23)25-14/h4-5,8-11H,2-3,6-7H2,1H3,(H2,22,29)(H2,23,25,27). The van der Waals surface area contributed by atoms with E-state index < -0.39 is 12.0 Å². The highest BCUT2D eigenvalue weighted by molar-refractivity contribution is 5.89. The summed E-state index contributed by atoms with van der Waals surface area (Å²) >= 11 is 0. The highest BCUT2D eigenvalue weighted by Gasteiger charge is 2.21. The zero-order chi connectivity index (χ0) is 21.5. The fourth-order valence-corrected chi connectivity index (χ4v) is 3.73. The average molecular weight is 419 g/mol. The number of rotatable bonds is 4. The van der Waals surface area contributed by atoms with E-state index in [1.165, 1.54) is 0 Å². The van der Waals surface area contributed by atoms with Crippen molar-refractivity contribution in [3.05, 3.63) is 30.3 Å². The Hall–Kier alpha value is -3.95. The fourth-order valence-electron chi connectivity index (χ4n) is 3.73. The van der Waals surface area contributed by atoms with Crippen LogP contribution in [0.15, 0.2) is 30.3 Å². The molecule has 0 spiro atoms. The van der Waals surface area contributed by atoms with Gasteiger partial charge in [0.2, 0.25) is 5.95 Å². The number of aromatic nitrogens is 5. The number of nitrogen functional groups attached to an aromatic ring is 1. The summed E-state index contributed by atoms with van der Waals surface area (Å²) in [4.78, 5) is 20.5. The van der Waals surface area contributed by atoms with Crippen LogP contribution in [0.3, 0.4) is 0 Å². The summed E-state index contributed by atoms with van der Waals surface area (Å²) < 4.78 is 13.9. The molecule has 10 heteroatoms. The number of carbonyl (C=O) groups excluding carboxylic acids is 1. The van der Waals surface area contributed by atoms with Crippen LogP contribution in [0.4, 0.5) is 5.95 Å². The summed E-state index contributed by atoms with van der Waals surface area (Å²) in [6.45, 7) is 3.00. The van der Waals surface area contributed by atoms with Gasteiger partial charge < -0.3 is 25.5 Å². The van der Waals surface area contributed by atoms with Crippen molar-refractivity contribution in [2.75, 3.05) is 12.3 Å². The molecule has 0 saturated carbocycles. The van der Waals surface area contributed by atoms with Crippen LogP contribution >= 0.6 is 0 Å². The second-order valence-electron chi connectivity index (χ2n) is 7.47. The van der Waals surface area contributed by atoms with Gasteiger partial charge in [0.25, 0.3) is 5.91 Å². The van der Waals surface area contributed by atoms with E-state index in [1.54, 1.807) is 19.1 Å². The minimum atomic E-state index is -0.765. The van der Waals surface area contributed by atoms with Crippen molar-refractivity contribution in [1.82, 2.24) is 24.7 Å². The maximum atomic E-state index is 11.4. The second-order valence-corrected chi connectivity index (χ2v) is 7.47. The molecule has 4 aromatic rings. The van der Waals surface area contributed by atoms with Crippen LogP contribution in [0, 0.1) is 0 Å². The Morgan fingerprint density at radius 1 is 1.13 bits per heavy atom. The lowest BCUT2D eigenvalue weighted by Crippen LogP contribution is -2.30. The molecule has 0 radical (unpaired) electrons. The molecule has 1 aliphatic heterocycles. The summed E-state index contributed by atoms with van der Waals surface area (Å²) in [6, 6.07) is 9.27. The van der Waals surface area contributed by atoms with Crippen molar-refractivity contribution >= 4 is 33.9 Å². The van der Waals surface area contributed by atoms with E-state index in [0.29, 0.717) is 34.7 Å². The molecular weight excluding hydrogens is 398 g/mol. The minimum absolute atomic E-state index is 0.133. The molecule has 0 aliphatic carbocycles. The predicted molar refractivity (Wildman–Crippen MR) is 114 cm³/mol. The molecule has 1 unspecified atom stereocenters. The molecule has 31 heavy (non-hydrogen) atoms. The molecule has 0 fully saturated rings. The van der Waals surface area contributed by atoms with Gasteiger partial charge >= 0.3 is 0 Å². The van der Waals surface area contributed by atoms with Gasteiger partial charge in [0.05, 0.1) is 17.6 Å². The molecule has 1 atom stereocenters. The predicted octanol–water partition coefficient (Wildman–Crippen LogP) is 2.05. The number of anilines is 1. The highest BCUT2D eigenvalue weighted by Crippen LogP contribution is 2.37. The number of primary amides is 1. The van der Waals surface area contributed by atoms with Gasteiger partial charge in [0.15, 0.2) is 6.10 Å². The van der Waals surface area contributed by atoms with Gasteiger partial charge in [-0.25, -0.2) is 9.97 Å². The molecule has 4 N–H and O–H groups in total. The topological polar surface area (TPSA) is 144 Å². The van der Waals surface area contributed by atoms with Gasteiger partial charge in [0, 0.05) is 24.2 Å². The van der Waals surface area contributed by atoms with Crippen LogP contribution in [-0.4, -0.2) is 43.4 Å². The van der Waals surface area contributed by atoms with Crippen molar-refractivity contribution < 1.29 is 14.3 Å². The average Bonchev–Trinajstić information content (AvgIpc) is 3.09. The summed E-state index contributed by atoms with van der Waals surface area (Å²) in [5.41, 5.74) is 14.8. The van der Waals surface area contributed by atoms with E-state index in [0.717, 1.165) is 36.3 Å². The van der Waals surface area contributed by atoms with E-state index in [-0.39, 0.29) is 5.95 Å². The summed E-state index contributed by atoms with van der Waals surface area (Å²) in [7, 11) is 0. The van der Waals surface area contributed by atoms with Crippen molar-refractivity contribution in [2.24, 2.45) is 5.73 Å². The number of fused-ring (bicyclic) bond motifs is 1. The number of aryl methyl sites for hydroxylation is 1. The molecule has 0 bridgehead atoms. The lowest BCUT2D eigenvalue weighted by Gasteiger charge is -2.18. The molecule has 3 heterocycles. The largest absolute Gasteiger partial charge is 0.491 e. The number of imidazole rings is 1. The first kappa shape index (κ1) is 19.0. The molecule has 158 valence electrons. The molecular formula is C21H21N7O3. The smallest absolute Gasteiger partial charge is 0.258 e. The Labute approximate surface area is 177 Å². The quantitative estimate of drug-likeness (QED) is 0.511. The van der Waals surface area contributed by atoms with E-state index in [2.05, 4.69) is 19.7 Å². The molecule has 10 nitrogen and oxygen atoms in total. The van der Waals surface area contributed by atoms with Crippen LogP contribution in [0.5, 0.6) is 11.5 Å². The first-order valence-corrected chi connectivity index (χ1v) is 10.0. The monoisotopic (exact) mass is 419 g/mol. The number of carbonyl (C=O) groups is 1. The molecule has 2 aromatic carbocycles. The van der Waals surface area contributed by atoms with Crippen LogP contribution in [0.25, 0.3) is 33.5 Å². The number of nitrogens with two attached hydrogens (primary N) is 2. The highest BCUT2D eigenvalue weighted by atomic mass is 16.5. The third-order valence-corrected chi connectivity index (χ3v) is 5.26. The molecule has 1 amide bonds. The van der Waals surface area contributed by atoms with E-state index in [9.17, 15) is 4.79 Å². The van der Waals surface area contributed by atoms with Crippen molar-refractivity contribution in [3.63, 3.8) is 0 Å². The summed E-state index contributed by atoms with van der Waals surface area (Å²) in [5.74, 6) is 1.52. The van der Waals surface area contributed by atoms with Gasteiger partial charge in [-0.05, 0) is 38.0 Å². The van der Waals surface area contributed by atoms with Crippen molar-refractivity contribution in [2.45, 2.75) is 32.4 Å². The Morgan fingerprint density at radius 2 is 2.00 bits per heavy atom. The second kappa shape index (κ2) is 7.38. The Balaban J connectivity index is 1.67. The number of hydrogen-bond acceptors (Lipinski definition) is 8. The summed E-state index contributed by atoms with van der Waals surface area (Å²) in [6.07, 6.45) is 1.10. The fraction of sp³-hybridized carbons (Fsp3) is 0.286. The first-order chi connectivity index (χ1) is 15.0. The normalized spacial score (nSPS) is 14.6. The number of hydrogen-bond donors (Lipinski definition) is 2. The Bertz CT molecular complexity index is 1320. The number of nitrogens with zero attached hydrogens (tertiary/aromatic N) is 5. The third kappa shape index (κ3) is 3.45. The third-order valence-electron chi connectivity index (χ3n) is 5.26. The van der Waals surface area contributed by atoms with E-state index in [1.807, 2.05) is 18.2 Å². The maximum absolute atomic E-state index is 11.4. The number of benzene rings is 2. The van der Waals surface area contributed by atoms with Gasteiger partial charge in [-0.3, -0.25) is 4.79 Å². The Kier molecular flexibility index (Phi) is 4.54. The lowest BCUT2D eigenvalue weighted by molar-refractivity contribution is -0.123. The zero-order valence-electron chi connectivity index (χ0n) is 16.9. The Morgan fingerprint density at radius 3 is 2.84 bits per heavy atom. The molecule has 0 saturated heterocycles. The van der Waals surface area contributed by atoms with Crippen LogP contribution in [-0.2, 0) is 11.3 Å².